The fourth-order valence-corrected chi connectivity index (χ4v) is 0.845. The minimum absolute atomic E-state index is 0.222. The van der Waals surface area contributed by atoms with E-state index in [9.17, 15) is 4.79 Å². The summed E-state index contributed by atoms with van der Waals surface area (Å²) in [6.45, 7) is 5.00. The van der Waals surface area contributed by atoms with Crippen molar-refractivity contribution in [1.82, 2.24) is 4.90 Å². The summed E-state index contributed by atoms with van der Waals surface area (Å²) in [5, 5.41) is 0. The minimum atomic E-state index is 0.222. The zero-order valence-electron chi connectivity index (χ0n) is 7.38. The molecule has 0 aromatic heterocycles. The first-order valence-electron chi connectivity index (χ1n) is 4.01. The van der Waals surface area contributed by atoms with Crippen molar-refractivity contribution in [2.75, 3.05) is 33.4 Å². The van der Waals surface area contributed by atoms with Crippen molar-refractivity contribution in [3.63, 3.8) is 0 Å². The molecule has 3 nitrogen and oxygen atoms in total. The molecule has 0 heterocycles. The molecular weight excluding hydrogens is 142 g/mol. The van der Waals surface area contributed by atoms with Gasteiger partial charge in [-0.15, -0.1) is 0 Å². The average molecular weight is 159 g/mol. The Morgan fingerprint density at radius 2 is 2.18 bits per heavy atom. The molecule has 66 valence electrons. The lowest BCUT2D eigenvalue weighted by Crippen LogP contribution is -2.24. The molecule has 3 heteroatoms. The molecular formula is C8H17NO2. The van der Waals surface area contributed by atoms with Crippen molar-refractivity contribution in [3.05, 3.63) is 0 Å². The molecule has 0 aliphatic heterocycles. The van der Waals surface area contributed by atoms with E-state index in [2.05, 4.69) is 11.8 Å². The summed E-state index contributed by atoms with van der Waals surface area (Å²) in [7, 11) is 2.05. The van der Waals surface area contributed by atoms with Crippen LogP contribution in [0.15, 0.2) is 0 Å². The van der Waals surface area contributed by atoms with E-state index >= 15 is 0 Å². The first-order chi connectivity index (χ1) is 5.31. The third kappa shape index (κ3) is 7.49. The van der Waals surface area contributed by atoms with Crippen LogP contribution in [0.5, 0.6) is 0 Å². The van der Waals surface area contributed by atoms with Gasteiger partial charge in [-0.05, 0) is 20.0 Å². The molecule has 0 unspecified atom stereocenters. The summed E-state index contributed by atoms with van der Waals surface area (Å²) in [6.07, 6.45) is 1.93. The molecule has 0 N–H and O–H groups in total. The maximum atomic E-state index is 9.84. The topological polar surface area (TPSA) is 29.5 Å². The molecule has 0 bridgehead atoms. The maximum absolute atomic E-state index is 9.84. The number of likely N-dealkylation sites (N-methyl/N-ethyl adjacent to an activating group) is 1. The summed E-state index contributed by atoms with van der Waals surface area (Å²) >= 11 is 0. The van der Waals surface area contributed by atoms with Crippen LogP contribution in [0.3, 0.4) is 0 Å². The van der Waals surface area contributed by atoms with Gasteiger partial charge in [0.1, 0.15) is 12.9 Å². The van der Waals surface area contributed by atoms with Crippen LogP contribution in [0, 0.1) is 0 Å². The molecule has 0 radical (unpaired) electrons. The Bertz CT molecular complexity index is 96.1. The highest BCUT2D eigenvalue weighted by molar-refractivity contribution is 5.50. The minimum Gasteiger partial charge on any atom is -0.373 e. The van der Waals surface area contributed by atoms with E-state index in [0.29, 0.717) is 6.61 Å². The number of rotatable bonds is 7. The largest absolute Gasteiger partial charge is 0.373 e. The van der Waals surface area contributed by atoms with E-state index in [-0.39, 0.29) is 6.61 Å². The van der Waals surface area contributed by atoms with Crippen LogP contribution in [0.4, 0.5) is 0 Å². The summed E-state index contributed by atoms with van der Waals surface area (Å²) in [5.74, 6) is 0. The highest BCUT2D eigenvalue weighted by atomic mass is 16.5. The SMILES string of the molecule is CCCN(C)CCOCC=O. The van der Waals surface area contributed by atoms with E-state index in [1.54, 1.807) is 0 Å². The van der Waals surface area contributed by atoms with Gasteiger partial charge >= 0.3 is 0 Å². The molecule has 0 fully saturated rings. The Hall–Kier alpha value is -0.410. The zero-order chi connectivity index (χ0) is 8.53. The zero-order valence-corrected chi connectivity index (χ0v) is 7.38. The lowest BCUT2D eigenvalue weighted by molar-refractivity contribution is -0.111. The van der Waals surface area contributed by atoms with E-state index in [1.807, 2.05) is 7.05 Å². The number of hydrogen-bond donors (Lipinski definition) is 0. The molecule has 0 rings (SSSR count). The predicted molar refractivity (Wildman–Crippen MR) is 44.7 cm³/mol. The van der Waals surface area contributed by atoms with Crippen molar-refractivity contribution < 1.29 is 9.53 Å². The third-order valence-electron chi connectivity index (χ3n) is 1.41. The van der Waals surface area contributed by atoms with Crippen molar-refractivity contribution in [1.29, 1.82) is 0 Å². The van der Waals surface area contributed by atoms with Crippen LogP contribution >= 0.6 is 0 Å². The lowest BCUT2D eigenvalue weighted by atomic mass is 10.4. The fourth-order valence-electron chi connectivity index (χ4n) is 0.845. The molecule has 0 saturated heterocycles. The van der Waals surface area contributed by atoms with E-state index < -0.39 is 0 Å². The van der Waals surface area contributed by atoms with Gasteiger partial charge in [-0.1, -0.05) is 6.92 Å². The molecule has 0 atom stereocenters. The first-order valence-corrected chi connectivity index (χ1v) is 4.01. The van der Waals surface area contributed by atoms with Crippen LogP contribution in [-0.2, 0) is 9.53 Å². The fraction of sp³-hybridized carbons (Fsp3) is 0.875. The second-order valence-corrected chi connectivity index (χ2v) is 2.54. The monoisotopic (exact) mass is 159 g/mol. The molecule has 0 aromatic carbocycles. The van der Waals surface area contributed by atoms with Crippen molar-refractivity contribution in [2.24, 2.45) is 0 Å². The van der Waals surface area contributed by atoms with Gasteiger partial charge in [0.05, 0.1) is 6.61 Å². The van der Waals surface area contributed by atoms with E-state index in [0.717, 1.165) is 25.8 Å². The number of nitrogens with zero attached hydrogens (tertiary/aromatic N) is 1. The van der Waals surface area contributed by atoms with E-state index in [1.165, 1.54) is 0 Å². The second kappa shape index (κ2) is 7.69. The van der Waals surface area contributed by atoms with Gasteiger partial charge in [0.15, 0.2) is 0 Å². The van der Waals surface area contributed by atoms with Gasteiger partial charge < -0.3 is 14.4 Å². The van der Waals surface area contributed by atoms with Gasteiger partial charge in [-0.2, -0.15) is 0 Å². The Labute approximate surface area is 68.3 Å². The van der Waals surface area contributed by atoms with Crippen LogP contribution in [0.25, 0.3) is 0 Å². The molecule has 0 aliphatic carbocycles. The number of aldehydes is 1. The standard InChI is InChI=1S/C8H17NO2/c1-3-4-9(2)5-7-11-8-6-10/h6H,3-5,7-8H2,1-2H3. The molecule has 0 saturated carbocycles. The van der Waals surface area contributed by atoms with Crippen molar-refractivity contribution in [2.45, 2.75) is 13.3 Å². The summed E-state index contributed by atoms with van der Waals surface area (Å²) in [4.78, 5) is 12.0. The average Bonchev–Trinajstić information content (AvgIpc) is 1.99. The van der Waals surface area contributed by atoms with E-state index in [4.69, 9.17) is 4.74 Å². The normalized spacial score (nSPS) is 10.5. The highest BCUT2D eigenvalue weighted by Gasteiger charge is 1.94. The summed E-state index contributed by atoms with van der Waals surface area (Å²) in [6, 6.07) is 0. The molecule has 0 aromatic rings. The van der Waals surface area contributed by atoms with Crippen LogP contribution in [0.2, 0.25) is 0 Å². The van der Waals surface area contributed by atoms with Gasteiger partial charge in [0, 0.05) is 6.54 Å². The summed E-state index contributed by atoms with van der Waals surface area (Å²) in [5.41, 5.74) is 0. The number of ether oxygens (including phenoxy) is 1. The lowest BCUT2D eigenvalue weighted by Gasteiger charge is -2.14. The second-order valence-electron chi connectivity index (χ2n) is 2.54. The predicted octanol–water partition coefficient (Wildman–Crippen LogP) is 0.544. The number of carbonyl (C=O) groups is 1. The van der Waals surface area contributed by atoms with Crippen molar-refractivity contribution >= 4 is 6.29 Å². The van der Waals surface area contributed by atoms with Crippen molar-refractivity contribution in [3.8, 4) is 0 Å². The number of hydrogen-bond acceptors (Lipinski definition) is 3. The Morgan fingerprint density at radius 1 is 1.45 bits per heavy atom. The smallest absolute Gasteiger partial charge is 0.145 e. The third-order valence-corrected chi connectivity index (χ3v) is 1.41. The molecule has 11 heavy (non-hydrogen) atoms. The highest BCUT2D eigenvalue weighted by Crippen LogP contribution is 1.85. The summed E-state index contributed by atoms with van der Waals surface area (Å²) < 4.78 is 4.99. The Balaban J connectivity index is 3.03. The molecule has 0 aliphatic rings. The van der Waals surface area contributed by atoms with Crippen LogP contribution in [0.1, 0.15) is 13.3 Å². The number of carbonyl (C=O) groups excluding carboxylic acids is 1. The molecule has 0 amide bonds. The van der Waals surface area contributed by atoms with Gasteiger partial charge in [-0.3, -0.25) is 0 Å². The van der Waals surface area contributed by atoms with Crippen LogP contribution in [-0.4, -0.2) is 44.5 Å². The van der Waals surface area contributed by atoms with Gasteiger partial charge in [0.25, 0.3) is 0 Å². The molecule has 0 spiro atoms. The first kappa shape index (κ1) is 10.6. The quantitative estimate of drug-likeness (QED) is 0.401. The van der Waals surface area contributed by atoms with Gasteiger partial charge in [-0.25, -0.2) is 0 Å². The Kier molecular flexibility index (Phi) is 7.41. The maximum Gasteiger partial charge on any atom is 0.145 e. The Morgan fingerprint density at radius 3 is 2.73 bits per heavy atom. The van der Waals surface area contributed by atoms with Gasteiger partial charge in [0.2, 0.25) is 0 Å². The van der Waals surface area contributed by atoms with Crippen LogP contribution < -0.4 is 0 Å².